The molecule has 2 N–H and O–H groups in total. The fourth-order valence-corrected chi connectivity index (χ4v) is 1.67. The van der Waals surface area contributed by atoms with Gasteiger partial charge in [0.05, 0.1) is 5.60 Å². The summed E-state index contributed by atoms with van der Waals surface area (Å²) in [4.78, 5) is 0. The quantitative estimate of drug-likeness (QED) is 0.701. The SMILES string of the molecule is CC(NC(C)C(C)(C)O)C1CCC1. The van der Waals surface area contributed by atoms with Crippen molar-refractivity contribution in [2.75, 3.05) is 0 Å². The van der Waals surface area contributed by atoms with Gasteiger partial charge in [-0.05, 0) is 46.5 Å². The van der Waals surface area contributed by atoms with E-state index in [4.69, 9.17) is 0 Å². The molecule has 0 aromatic carbocycles. The average molecular weight is 185 g/mol. The van der Waals surface area contributed by atoms with Crippen molar-refractivity contribution < 1.29 is 5.11 Å². The maximum absolute atomic E-state index is 9.75. The Kier molecular flexibility index (Phi) is 3.36. The number of rotatable bonds is 4. The van der Waals surface area contributed by atoms with Gasteiger partial charge in [0.2, 0.25) is 0 Å². The molecule has 0 aromatic rings. The average Bonchev–Trinajstić information content (AvgIpc) is 1.79. The van der Waals surface area contributed by atoms with Crippen molar-refractivity contribution in [2.24, 2.45) is 5.92 Å². The van der Waals surface area contributed by atoms with Gasteiger partial charge in [0.1, 0.15) is 0 Å². The molecular formula is C11H23NO. The second-order valence-electron chi connectivity index (χ2n) is 5.02. The van der Waals surface area contributed by atoms with E-state index >= 15 is 0 Å². The van der Waals surface area contributed by atoms with E-state index in [1.807, 2.05) is 13.8 Å². The van der Waals surface area contributed by atoms with Crippen LogP contribution >= 0.6 is 0 Å². The van der Waals surface area contributed by atoms with Crippen molar-refractivity contribution in [2.45, 2.75) is 64.6 Å². The van der Waals surface area contributed by atoms with Crippen molar-refractivity contribution in [1.29, 1.82) is 0 Å². The highest BCUT2D eigenvalue weighted by atomic mass is 16.3. The standard InChI is InChI=1S/C11H23NO/c1-8(10-6-5-7-10)12-9(2)11(3,4)13/h8-10,12-13H,5-7H2,1-4H3. The molecule has 2 heteroatoms. The predicted octanol–water partition coefficient (Wildman–Crippen LogP) is 1.92. The Bertz CT molecular complexity index is 158. The molecule has 0 saturated heterocycles. The zero-order valence-corrected chi connectivity index (χ0v) is 9.30. The highest BCUT2D eigenvalue weighted by molar-refractivity contribution is 4.86. The maximum atomic E-state index is 9.75. The third-order valence-corrected chi connectivity index (χ3v) is 3.43. The minimum Gasteiger partial charge on any atom is -0.389 e. The highest BCUT2D eigenvalue weighted by Gasteiger charge is 2.28. The minimum atomic E-state index is -0.613. The first-order valence-electron chi connectivity index (χ1n) is 5.39. The van der Waals surface area contributed by atoms with E-state index in [1.165, 1.54) is 19.3 Å². The fraction of sp³-hybridized carbons (Fsp3) is 1.00. The van der Waals surface area contributed by atoms with Gasteiger partial charge in [0, 0.05) is 12.1 Å². The highest BCUT2D eigenvalue weighted by Crippen LogP contribution is 2.29. The summed E-state index contributed by atoms with van der Waals surface area (Å²) in [6.45, 7) is 8.00. The summed E-state index contributed by atoms with van der Waals surface area (Å²) >= 11 is 0. The molecule has 13 heavy (non-hydrogen) atoms. The zero-order chi connectivity index (χ0) is 10.1. The van der Waals surface area contributed by atoms with Crippen LogP contribution < -0.4 is 5.32 Å². The van der Waals surface area contributed by atoms with Gasteiger partial charge in [0.15, 0.2) is 0 Å². The first kappa shape index (κ1) is 11.0. The molecule has 1 aliphatic carbocycles. The minimum absolute atomic E-state index is 0.170. The van der Waals surface area contributed by atoms with Crippen LogP contribution in [0.15, 0.2) is 0 Å². The lowest BCUT2D eigenvalue weighted by Crippen LogP contribution is -2.51. The predicted molar refractivity (Wildman–Crippen MR) is 55.7 cm³/mol. The van der Waals surface area contributed by atoms with Gasteiger partial charge < -0.3 is 10.4 Å². The summed E-state index contributed by atoms with van der Waals surface area (Å²) in [5, 5.41) is 13.2. The van der Waals surface area contributed by atoms with Gasteiger partial charge in [-0.25, -0.2) is 0 Å². The van der Waals surface area contributed by atoms with Crippen LogP contribution in [0.25, 0.3) is 0 Å². The summed E-state index contributed by atoms with van der Waals surface area (Å²) in [7, 11) is 0. The first-order chi connectivity index (χ1) is 5.91. The number of aliphatic hydroxyl groups is 1. The van der Waals surface area contributed by atoms with E-state index in [1.54, 1.807) is 0 Å². The molecule has 0 spiro atoms. The lowest BCUT2D eigenvalue weighted by Gasteiger charge is -2.37. The van der Waals surface area contributed by atoms with E-state index in [9.17, 15) is 5.11 Å². The zero-order valence-electron chi connectivity index (χ0n) is 9.30. The topological polar surface area (TPSA) is 32.3 Å². The van der Waals surface area contributed by atoms with Gasteiger partial charge in [-0.2, -0.15) is 0 Å². The molecule has 0 amide bonds. The maximum Gasteiger partial charge on any atom is 0.0741 e. The molecule has 0 aromatic heterocycles. The Balaban J connectivity index is 2.30. The van der Waals surface area contributed by atoms with Gasteiger partial charge in [-0.1, -0.05) is 6.42 Å². The molecule has 1 fully saturated rings. The molecule has 1 rings (SSSR count). The molecule has 1 aliphatic rings. The first-order valence-corrected chi connectivity index (χ1v) is 5.39. The normalized spacial score (nSPS) is 23.8. The van der Waals surface area contributed by atoms with Crippen LogP contribution in [0.1, 0.15) is 47.0 Å². The van der Waals surface area contributed by atoms with Crippen molar-refractivity contribution in [1.82, 2.24) is 5.32 Å². The molecule has 1 saturated carbocycles. The summed E-state index contributed by atoms with van der Waals surface area (Å²) in [5.41, 5.74) is -0.613. The van der Waals surface area contributed by atoms with E-state index in [2.05, 4.69) is 19.2 Å². The van der Waals surface area contributed by atoms with Crippen molar-refractivity contribution in [3.8, 4) is 0 Å². The van der Waals surface area contributed by atoms with Crippen LogP contribution in [0, 0.1) is 5.92 Å². The van der Waals surface area contributed by atoms with Crippen molar-refractivity contribution in [3.63, 3.8) is 0 Å². The Labute approximate surface area is 81.7 Å². The van der Waals surface area contributed by atoms with Crippen molar-refractivity contribution in [3.05, 3.63) is 0 Å². The molecule has 0 aliphatic heterocycles. The van der Waals surface area contributed by atoms with E-state index in [-0.39, 0.29) is 6.04 Å². The lowest BCUT2D eigenvalue weighted by atomic mass is 9.80. The molecule has 0 radical (unpaired) electrons. The largest absolute Gasteiger partial charge is 0.389 e. The summed E-state index contributed by atoms with van der Waals surface area (Å²) in [6, 6.07) is 0.721. The van der Waals surface area contributed by atoms with E-state index in [0.717, 1.165) is 5.92 Å². The summed E-state index contributed by atoms with van der Waals surface area (Å²) in [5.74, 6) is 0.838. The second kappa shape index (κ2) is 3.97. The molecule has 0 bridgehead atoms. The van der Waals surface area contributed by atoms with Gasteiger partial charge in [-0.3, -0.25) is 0 Å². The third kappa shape index (κ3) is 2.96. The Morgan fingerprint density at radius 1 is 1.31 bits per heavy atom. The molecule has 2 nitrogen and oxygen atoms in total. The lowest BCUT2D eigenvalue weighted by molar-refractivity contribution is 0.0344. The van der Waals surface area contributed by atoms with Crippen LogP contribution in [0.4, 0.5) is 0 Å². The van der Waals surface area contributed by atoms with Gasteiger partial charge in [0.25, 0.3) is 0 Å². The van der Waals surface area contributed by atoms with Gasteiger partial charge >= 0.3 is 0 Å². The molecule has 78 valence electrons. The summed E-state index contributed by atoms with van der Waals surface area (Å²) < 4.78 is 0. The summed E-state index contributed by atoms with van der Waals surface area (Å²) in [6.07, 6.45) is 4.09. The Hall–Kier alpha value is -0.0800. The second-order valence-corrected chi connectivity index (χ2v) is 5.02. The van der Waals surface area contributed by atoms with Crippen molar-refractivity contribution >= 4 is 0 Å². The van der Waals surface area contributed by atoms with Crippen LogP contribution in [0.5, 0.6) is 0 Å². The van der Waals surface area contributed by atoms with Crippen LogP contribution in [0.3, 0.4) is 0 Å². The number of hydrogen-bond acceptors (Lipinski definition) is 2. The number of nitrogens with one attached hydrogen (secondary N) is 1. The van der Waals surface area contributed by atoms with Crippen LogP contribution in [-0.4, -0.2) is 22.8 Å². The molecule has 2 unspecified atom stereocenters. The van der Waals surface area contributed by atoms with Crippen LogP contribution in [-0.2, 0) is 0 Å². The molecular weight excluding hydrogens is 162 g/mol. The number of hydrogen-bond donors (Lipinski definition) is 2. The third-order valence-electron chi connectivity index (χ3n) is 3.43. The molecule has 0 heterocycles. The smallest absolute Gasteiger partial charge is 0.0741 e. The van der Waals surface area contributed by atoms with Gasteiger partial charge in [-0.15, -0.1) is 0 Å². The Morgan fingerprint density at radius 3 is 2.15 bits per heavy atom. The van der Waals surface area contributed by atoms with E-state index < -0.39 is 5.60 Å². The van der Waals surface area contributed by atoms with E-state index in [0.29, 0.717) is 6.04 Å². The fourth-order valence-electron chi connectivity index (χ4n) is 1.67. The monoisotopic (exact) mass is 185 g/mol. The molecule has 2 atom stereocenters. The Morgan fingerprint density at radius 2 is 1.85 bits per heavy atom. The van der Waals surface area contributed by atoms with Crippen LogP contribution in [0.2, 0.25) is 0 Å².